The highest BCUT2D eigenvalue weighted by molar-refractivity contribution is 5.39. The fraction of sp³-hybridized carbons (Fsp3) is 0.300. The summed E-state index contributed by atoms with van der Waals surface area (Å²) in [7, 11) is 0. The molecule has 1 nitrogen and oxygen atoms in total. The molecule has 0 aromatic heterocycles. The van der Waals surface area contributed by atoms with Gasteiger partial charge in [0.15, 0.2) is 0 Å². The standard InChI is InChI=1S/C20H23N/c1-15-12-13-16(2)19(14-15)20(17-8-4-3-5-9-17)21-18-10-6-7-11-18/h3-9,12-14,18,20-21H,10-11H2,1-2H3. The summed E-state index contributed by atoms with van der Waals surface area (Å²) in [6, 6.07) is 18.4. The quantitative estimate of drug-likeness (QED) is 0.799. The summed E-state index contributed by atoms with van der Waals surface area (Å²) >= 11 is 0. The number of nitrogens with one attached hydrogen (secondary N) is 1. The van der Waals surface area contributed by atoms with E-state index in [2.05, 4.69) is 79.8 Å². The zero-order chi connectivity index (χ0) is 14.7. The Labute approximate surface area is 127 Å². The third kappa shape index (κ3) is 3.25. The number of aryl methyl sites for hydroxylation is 2. The first kappa shape index (κ1) is 14.1. The van der Waals surface area contributed by atoms with Gasteiger partial charge >= 0.3 is 0 Å². The minimum Gasteiger partial charge on any atom is -0.303 e. The van der Waals surface area contributed by atoms with Crippen molar-refractivity contribution in [3.05, 3.63) is 82.9 Å². The molecule has 1 aliphatic carbocycles. The van der Waals surface area contributed by atoms with Crippen molar-refractivity contribution in [2.45, 2.75) is 38.8 Å². The summed E-state index contributed by atoms with van der Waals surface area (Å²) in [6.45, 7) is 4.38. The van der Waals surface area contributed by atoms with E-state index in [0.29, 0.717) is 6.04 Å². The summed E-state index contributed by atoms with van der Waals surface area (Å²) < 4.78 is 0. The van der Waals surface area contributed by atoms with E-state index in [9.17, 15) is 0 Å². The molecule has 1 heteroatoms. The van der Waals surface area contributed by atoms with Crippen LogP contribution in [0.4, 0.5) is 0 Å². The molecule has 0 aliphatic heterocycles. The number of benzene rings is 2. The van der Waals surface area contributed by atoms with E-state index >= 15 is 0 Å². The second-order valence-corrected chi connectivity index (χ2v) is 6.01. The molecule has 2 aromatic carbocycles. The number of hydrogen-bond donors (Lipinski definition) is 1. The highest BCUT2D eigenvalue weighted by atomic mass is 15.0. The van der Waals surface area contributed by atoms with Crippen LogP contribution in [0.3, 0.4) is 0 Å². The van der Waals surface area contributed by atoms with Crippen LogP contribution in [0.15, 0.2) is 60.7 Å². The average Bonchev–Trinajstić information content (AvgIpc) is 3.01. The summed E-state index contributed by atoms with van der Waals surface area (Å²) in [4.78, 5) is 0. The molecule has 0 bridgehead atoms. The van der Waals surface area contributed by atoms with Crippen LogP contribution < -0.4 is 5.32 Å². The van der Waals surface area contributed by atoms with Crippen molar-refractivity contribution in [3.63, 3.8) is 0 Å². The van der Waals surface area contributed by atoms with Gasteiger partial charge in [0.1, 0.15) is 0 Å². The lowest BCUT2D eigenvalue weighted by Crippen LogP contribution is -2.32. The minimum atomic E-state index is 0.274. The van der Waals surface area contributed by atoms with Gasteiger partial charge in [-0.3, -0.25) is 0 Å². The van der Waals surface area contributed by atoms with Crippen molar-refractivity contribution in [1.29, 1.82) is 0 Å². The lowest BCUT2D eigenvalue weighted by atomic mass is 9.92. The van der Waals surface area contributed by atoms with Gasteiger partial charge in [0.2, 0.25) is 0 Å². The van der Waals surface area contributed by atoms with E-state index in [4.69, 9.17) is 0 Å². The Morgan fingerprint density at radius 3 is 2.38 bits per heavy atom. The molecule has 0 saturated heterocycles. The summed E-state index contributed by atoms with van der Waals surface area (Å²) in [5.74, 6) is 0. The largest absolute Gasteiger partial charge is 0.303 e. The first-order valence-electron chi connectivity index (χ1n) is 7.77. The SMILES string of the molecule is Cc1ccc(C)c(C(NC2CC=CC2)c2ccccc2)c1. The Morgan fingerprint density at radius 2 is 1.67 bits per heavy atom. The molecule has 0 amide bonds. The van der Waals surface area contributed by atoms with E-state index in [1.165, 1.54) is 22.3 Å². The Balaban J connectivity index is 1.96. The summed E-state index contributed by atoms with van der Waals surface area (Å²) in [5, 5.41) is 3.85. The van der Waals surface area contributed by atoms with Gasteiger partial charge in [-0.15, -0.1) is 0 Å². The predicted molar refractivity (Wildman–Crippen MR) is 89.5 cm³/mol. The molecule has 108 valence electrons. The smallest absolute Gasteiger partial charge is 0.0581 e. The van der Waals surface area contributed by atoms with E-state index in [1.807, 2.05) is 0 Å². The lowest BCUT2D eigenvalue weighted by Gasteiger charge is -2.26. The Bertz CT molecular complexity index is 620. The summed E-state index contributed by atoms with van der Waals surface area (Å²) in [6.07, 6.45) is 6.83. The van der Waals surface area contributed by atoms with Crippen LogP contribution in [0.2, 0.25) is 0 Å². The van der Waals surface area contributed by atoms with Crippen molar-refractivity contribution in [2.24, 2.45) is 0 Å². The van der Waals surface area contributed by atoms with Crippen molar-refractivity contribution >= 4 is 0 Å². The molecule has 0 saturated carbocycles. The first-order valence-corrected chi connectivity index (χ1v) is 7.77. The van der Waals surface area contributed by atoms with Crippen LogP contribution in [0.25, 0.3) is 0 Å². The molecule has 0 radical (unpaired) electrons. The zero-order valence-electron chi connectivity index (χ0n) is 12.8. The summed E-state index contributed by atoms with van der Waals surface area (Å²) in [5.41, 5.74) is 5.42. The van der Waals surface area contributed by atoms with Crippen molar-refractivity contribution in [3.8, 4) is 0 Å². The van der Waals surface area contributed by atoms with E-state index in [1.54, 1.807) is 0 Å². The molecule has 0 spiro atoms. The van der Waals surface area contributed by atoms with E-state index in [0.717, 1.165) is 12.8 Å². The molecule has 1 aliphatic rings. The monoisotopic (exact) mass is 277 g/mol. The minimum absolute atomic E-state index is 0.274. The topological polar surface area (TPSA) is 12.0 Å². The molecular formula is C20H23N. The molecule has 21 heavy (non-hydrogen) atoms. The molecule has 0 fully saturated rings. The van der Waals surface area contributed by atoms with Crippen LogP contribution >= 0.6 is 0 Å². The number of rotatable bonds is 4. The third-order valence-corrected chi connectivity index (χ3v) is 4.29. The van der Waals surface area contributed by atoms with E-state index < -0.39 is 0 Å². The molecule has 2 aromatic rings. The second kappa shape index (κ2) is 6.28. The maximum atomic E-state index is 3.85. The van der Waals surface area contributed by atoms with Gasteiger partial charge < -0.3 is 5.32 Å². The predicted octanol–water partition coefficient (Wildman–Crippen LogP) is 4.70. The highest BCUT2D eigenvalue weighted by Gasteiger charge is 2.20. The van der Waals surface area contributed by atoms with Crippen molar-refractivity contribution < 1.29 is 0 Å². The van der Waals surface area contributed by atoms with Crippen LogP contribution in [-0.4, -0.2) is 6.04 Å². The Morgan fingerprint density at radius 1 is 0.952 bits per heavy atom. The molecule has 1 N–H and O–H groups in total. The van der Waals surface area contributed by atoms with Crippen LogP contribution in [0.1, 0.15) is 41.1 Å². The van der Waals surface area contributed by atoms with Crippen LogP contribution in [0.5, 0.6) is 0 Å². The first-order chi connectivity index (χ1) is 10.2. The third-order valence-electron chi connectivity index (χ3n) is 4.29. The maximum Gasteiger partial charge on any atom is 0.0581 e. The average molecular weight is 277 g/mol. The molecular weight excluding hydrogens is 254 g/mol. The molecule has 3 rings (SSSR count). The Hall–Kier alpha value is -1.86. The highest BCUT2D eigenvalue weighted by Crippen LogP contribution is 2.28. The van der Waals surface area contributed by atoms with Gasteiger partial charge in [-0.1, -0.05) is 66.2 Å². The normalized spacial score (nSPS) is 16.3. The van der Waals surface area contributed by atoms with Crippen molar-refractivity contribution in [1.82, 2.24) is 5.32 Å². The van der Waals surface area contributed by atoms with E-state index in [-0.39, 0.29) is 6.04 Å². The second-order valence-electron chi connectivity index (χ2n) is 6.01. The zero-order valence-corrected chi connectivity index (χ0v) is 12.8. The van der Waals surface area contributed by atoms with Gasteiger partial charge in [0.25, 0.3) is 0 Å². The van der Waals surface area contributed by atoms with Gasteiger partial charge in [-0.2, -0.15) is 0 Å². The van der Waals surface area contributed by atoms with Gasteiger partial charge in [0.05, 0.1) is 6.04 Å². The molecule has 1 atom stereocenters. The lowest BCUT2D eigenvalue weighted by molar-refractivity contribution is 0.489. The fourth-order valence-electron chi connectivity index (χ4n) is 3.07. The fourth-order valence-corrected chi connectivity index (χ4v) is 3.07. The maximum absolute atomic E-state index is 3.85. The van der Waals surface area contributed by atoms with Crippen LogP contribution in [0, 0.1) is 13.8 Å². The van der Waals surface area contributed by atoms with Gasteiger partial charge in [-0.05, 0) is 43.4 Å². The van der Waals surface area contributed by atoms with Crippen molar-refractivity contribution in [2.75, 3.05) is 0 Å². The molecule has 1 unspecified atom stereocenters. The Kier molecular flexibility index (Phi) is 4.21. The number of hydrogen-bond acceptors (Lipinski definition) is 1. The molecule has 0 heterocycles. The van der Waals surface area contributed by atoms with Crippen LogP contribution in [-0.2, 0) is 0 Å². The van der Waals surface area contributed by atoms with Gasteiger partial charge in [-0.25, -0.2) is 0 Å². The van der Waals surface area contributed by atoms with Gasteiger partial charge in [0, 0.05) is 6.04 Å².